The average Bonchev–Trinajstić information content (AvgIpc) is 2.79. The minimum absolute atomic E-state index is 0.221. The van der Waals surface area contributed by atoms with E-state index < -0.39 is 17.9 Å². The molecule has 0 saturated carbocycles. The molecular weight excluding hydrogens is 256 g/mol. The summed E-state index contributed by atoms with van der Waals surface area (Å²) in [4.78, 5) is 33.6. The highest BCUT2D eigenvalue weighted by molar-refractivity contribution is 7.10. The molecule has 0 aromatic carbocycles. The Labute approximate surface area is 107 Å². The smallest absolute Gasteiger partial charge is 0.328 e. The number of nitrogens with one attached hydrogen (secondary N) is 2. The second-order valence-electron chi connectivity index (χ2n) is 3.37. The molecule has 0 saturated heterocycles. The van der Waals surface area contributed by atoms with Crippen molar-refractivity contribution in [1.29, 1.82) is 0 Å². The maximum atomic E-state index is 11.4. The van der Waals surface area contributed by atoms with Gasteiger partial charge in [0.1, 0.15) is 0 Å². The average molecular weight is 268 g/mol. The lowest BCUT2D eigenvalue weighted by molar-refractivity contribution is -0.131. The maximum Gasteiger partial charge on any atom is 0.328 e. The summed E-state index contributed by atoms with van der Waals surface area (Å²) in [5.74, 6) is -2.04. The molecule has 0 spiro atoms. The van der Waals surface area contributed by atoms with Crippen LogP contribution in [0.2, 0.25) is 0 Å². The fraction of sp³-hybridized carbons (Fsp3) is 0.182. The van der Waals surface area contributed by atoms with Crippen LogP contribution in [0.5, 0.6) is 0 Å². The second-order valence-corrected chi connectivity index (χ2v) is 4.35. The largest absolute Gasteiger partial charge is 0.478 e. The number of aliphatic carboxylic acids is 1. The molecule has 0 aliphatic carbocycles. The van der Waals surface area contributed by atoms with Crippen molar-refractivity contribution >= 4 is 29.2 Å². The lowest BCUT2D eigenvalue weighted by Gasteiger charge is -2.11. The van der Waals surface area contributed by atoms with Crippen molar-refractivity contribution in [1.82, 2.24) is 10.6 Å². The van der Waals surface area contributed by atoms with Crippen molar-refractivity contribution in [3.8, 4) is 0 Å². The highest BCUT2D eigenvalue weighted by Gasteiger charge is 2.11. The van der Waals surface area contributed by atoms with Gasteiger partial charge in [-0.2, -0.15) is 0 Å². The number of thiophene rings is 1. The van der Waals surface area contributed by atoms with Crippen LogP contribution in [0.1, 0.15) is 17.8 Å². The number of carbonyl (C=O) groups is 3. The Morgan fingerprint density at radius 3 is 2.67 bits per heavy atom. The number of hydrogen-bond donors (Lipinski definition) is 3. The molecule has 1 aromatic heterocycles. The molecule has 7 heteroatoms. The van der Waals surface area contributed by atoms with Crippen molar-refractivity contribution in [3.63, 3.8) is 0 Å². The molecule has 6 nitrogen and oxygen atoms in total. The van der Waals surface area contributed by atoms with Crippen molar-refractivity contribution in [2.45, 2.75) is 13.0 Å². The predicted octanol–water partition coefficient (Wildman–Crippen LogP) is 1.28. The predicted molar refractivity (Wildman–Crippen MR) is 66.2 cm³/mol. The Morgan fingerprint density at radius 1 is 1.39 bits per heavy atom. The molecule has 1 rings (SSSR count). The number of carbonyl (C=O) groups excluding carboxylic acids is 2. The van der Waals surface area contributed by atoms with Crippen molar-refractivity contribution in [2.75, 3.05) is 0 Å². The Hall–Kier alpha value is -2.15. The Morgan fingerprint density at radius 2 is 2.11 bits per heavy atom. The first-order valence-corrected chi connectivity index (χ1v) is 5.93. The van der Waals surface area contributed by atoms with E-state index in [0.29, 0.717) is 6.08 Å². The molecule has 3 N–H and O–H groups in total. The van der Waals surface area contributed by atoms with Crippen LogP contribution in [0, 0.1) is 0 Å². The van der Waals surface area contributed by atoms with E-state index >= 15 is 0 Å². The summed E-state index contributed by atoms with van der Waals surface area (Å²) in [6.45, 7) is 1.78. The number of urea groups is 1. The van der Waals surface area contributed by atoms with Crippen LogP contribution in [-0.4, -0.2) is 23.0 Å². The standard InChI is InChI=1S/C11H12N2O4S/c1-7(8-3-2-6-18-8)12-11(17)13-9(14)4-5-10(15)16/h2-7H,1H3,(H,15,16)(H2,12,13,14,17)/b5-4+. The van der Waals surface area contributed by atoms with Gasteiger partial charge in [0.05, 0.1) is 6.04 Å². The third-order valence-corrected chi connectivity index (χ3v) is 2.99. The van der Waals surface area contributed by atoms with Gasteiger partial charge in [0.25, 0.3) is 5.91 Å². The van der Waals surface area contributed by atoms with Gasteiger partial charge in [-0.1, -0.05) is 6.07 Å². The lowest BCUT2D eigenvalue weighted by Crippen LogP contribution is -2.39. The topological polar surface area (TPSA) is 95.5 Å². The molecule has 18 heavy (non-hydrogen) atoms. The summed E-state index contributed by atoms with van der Waals surface area (Å²) in [5, 5.41) is 14.7. The Balaban J connectivity index is 2.42. The van der Waals surface area contributed by atoms with E-state index in [1.807, 2.05) is 22.8 Å². The van der Waals surface area contributed by atoms with Crippen LogP contribution in [0.25, 0.3) is 0 Å². The van der Waals surface area contributed by atoms with E-state index in [2.05, 4.69) is 5.32 Å². The summed E-state index contributed by atoms with van der Waals surface area (Å²) in [6.07, 6.45) is 1.43. The molecular formula is C11H12N2O4S. The van der Waals surface area contributed by atoms with E-state index in [1.165, 1.54) is 11.3 Å². The number of carboxylic acid groups (broad SMARTS) is 1. The van der Waals surface area contributed by atoms with Gasteiger partial charge in [0, 0.05) is 17.0 Å². The van der Waals surface area contributed by atoms with Gasteiger partial charge in [0.2, 0.25) is 0 Å². The highest BCUT2D eigenvalue weighted by atomic mass is 32.1. The highest BCUT2D eigenvalue weighted by Crippen LogP contribution is 2.17. The first-order chi connectivity index (χ1) is 8.49. The number of imide groups is 1. The Kier molecular flexibility index (Phi) is 5.06. The molecule has 3 amide bonds. The molecule has 0 radical (unpaired) electrons. The number of carboxylic acids is 1. The van der Waals surface area contributed by atoms with Crippen molar-refractivity contribution in [2.24, 2.45) is 0 Å². The molecule has 96 valence electrons. The zero-order valence-electron chi connectivity index (χ0n) is 9.54. The third-order valence-electron chi connectivity index (χ3n) is 1.93. The van der Waals surface area contributed by atoms with E-state index in [-0.39, 0.29) is 6.04 Å². The van der Waals surface area contributed by atoms with Crippen molar-refractivity contribution < 1.29 is 19.5 Å². The van der Waals surface area contributed by atoms with Crippen molar-refractivity contribution in [3.05, 3.63) is 34.5 Å². The van der Waals surface area contributed by atoms with E-state index in [4.69, 9.17) is 5.11 Å². The maximum absolute atomic E-state index is 11.4. The fourth-order valence-electron chi connectivity index (χ4n) is 1.14. The second kappa shape index (κ2) is 6.55. The normalized spacial score (nSPS) is 12.1. The van der Waals surface area contributed by atoms with Gasteiger partial charge in [-0.3, -0.25) is 10.1 Å². The van der Waals surface area contributed by atoms with Gasteiger partial charge in [-0.25, -0.2) is 9.59 Å². The van der Waals surface area contributed by atoms with Gasteiger partial charge in [-0.15, -0.1) is 11.3 Å². The van der Waals surface area contributed by atoms with Gasteiger partial charge in [0.15, 0.2) is 0 Å². The molecule has 1 unspecified atom stereocenters. The van der Waals surface area contributed by atoms with Crippen LogP contribution >= 0.6 is 11.3 Å². The minimum atomic E-state index is -1.25. The summed E-state index contributed by atoms with van der Waals surface area (Å²) in [6, 6.07) is 2.83. The summed E-state index contributed by atoms with van der Waals surface area (Å²) < 4.78 is 0. The van der Waals surface area contributed by atoms with Crippen LogP contribution < -0.4 is 10.6 Å². The fourth-order valence-corrected chi connectivity index (χ4v) is 1.88. The van der Waals surface area contributed by atoms with Crippen LogP contribution in [0.3, 0.4) is 0 Å². The van der Waals surface area contributed by atoms with Crippen LogP contribution in [-0.2, 0) is 9.59 Å². The number of rotatable bonds is 4. The Bertz CT molecular complexity index is 467. The summed E-state index contributed by atoms with van der Waals surface area (Å²) in [7, 11) is 0. The summed E-state index contributed by atoms with van der Waals surface area (Å²) >= 11 is 1.49. The molecule has 1 aromatic rings. The zero-order chi connectivity index (χ0) is 13.5. The molecule has 0 bridgehead atoms. The van der Waals surface area contributed by atoms with E-state index in [9.17, 15) is 14.4 Å². The monoisotopic (exact) mass is 268 g/mol. The first-order valence-electron chi connectivity index (χ1n) is 5.05. The van der Waals surface area contributed by atoms with Crippen LogP contribution in [0.15, 0.2) is 29.7 Å². The van der Waals surface area contributed by atoms with Crippen LogP contribution in [0.4, 0.5) is 4.79 Å². The molecule has 0 aliphatic heterocycles. The minimum Gasteiger partial charge on any atom is -0.478 e. The number of amides is 3. The van der Waals surface area contributed by atoms with E-state index in [1.54, 1.807) is 6.92 Å². The lowest BCUT2D eigenvalue weighted by atomic mass is 10.3. The van der Waals surface area contributed by atoms with Gasteiger partial charge < -0.3 is 10.4 Å². The quantitative estimate of drug-likeness (QED) is 0.717. The van der Waals surface area contributed by atoms with Gasteiger partial charge >= 0.3 is 12.0 Å². The molecule has 1 atom stereocenters. The number of hydrogen-bond acceptors (Lipinski definition) is 4. The summed E-state index contributed by atoms with van der Waals surface area (Å²) in [5.41, 5.74) is 0. The molecule has 0 aliphatic rings. The first kappa shape index (κ1) is 13.9. The molecule has 0 fully saturated rings. The molecule has 1 heterocycles. The van der Waals surface area contributed by atoms with E-state index in [0.717, 1.165) is 11.0 Å². The zero-order valence-corrected chi connectivity index (χ0v) is 10.4. The van der Waals surface area contributed by atoms with Gasteiger partial charge in [-0.05, 0) is 18.4 Å². The third kappa shape index (κ3) is 4.79. The SMILES string of the molecule is CC(NC(=O)NC(=O)/C=C/C(=O)O)c1cccs1.